The summed E-state index contributed by atoms with van der Waals surface area (Å²) in [5.74, 6) is 1.43. The zero-order chi connectivity index (χ0) is 23.7. The highest BCUT2D eigenvalue weighted by atomic mass is 19.1. The van der Waals surface area contributed by atoms with Crippen molar-refractivity contribution >= 4 is 17.0 Å². The third-order valence-electron chi connectivity index (χ3n) is 7.17. The number of imidazole rings is 1. The maximum Gasteiger partial charge on any atom is 0.305 e. The van der Waals surface area contributed by atoms with E-state index in [4.69, 9.17) is 4.74 Å². The van der Waals surface area contributed by atoms with Gasteiger partial charge in [0, 0.05) is 18.1 Å². The molecule has 1 fully saturated rings. The Morgan fingerprint density at radius 3 is 2.24 bits per heavy atom. The number of methoxy groups -OCH3 is 1. The lowest BCUT2D eigenvalue weighted by atomic mass is 9.77. The maximum atomic E-state index is 13.9. The van der Waals surface area contributed by atoms with Crippen LogP contribution in [0.5, 0.6) is 0 Å². The molecule has 5 heteroatoms. The van der Waals surface area contributed by atoms with E-state index in [0.29, 0.717) is 29.3 Å². The lowest BCUT2D eigenvalue weighted by Gasteiger charge is -2.28. The topological polar surface area (TPSA) is 55.0 Å². The van der Waals surface area contributed by atoms with Crippen molar-refractivity contribution in [3.63, 3.8) is 0 Å². The molecule has 4 nitrogen and oxygen atoms in total. The summed E-state index contributed by atoms with van der Waals surface area (Å²) in [6, 6.07) is 20.4. The Labute approximate surface area is 199 Å². The van der Waals surface area contributed by atoms with Crippen LogP contribution in [0.15, 0.2) is 60.7 Å². The number of ether oxygens (including phenoxy) is 1. The number of fused-ring (bicyclic) bond motifs is 1. The minimum Gasteiger partial charge on any atom is -0.469 e. The van der Waals surface area contributed by atoms with E-state index >= 15 is 0 Å². The summed E-state index contributed by atoms with van der Waals surface area (Å²) in [6.07, 6.45) is 4.95. The number of carbonyl (C=O) groups is 1. The number of nitrogens with one attached hydrogen (secondary N) is 1. The van der Waals surface area contributed by atoms with Gasteiger partial charge in [0.15, 0.2) is 0 Å². The molecule has 1 saturated carbocycles. The molecule has 0 spiro atoms. The van der Waals surface area contributed by atoms with Gasteiger partial charge in [-0.2, -0.15) is 0 Å². The third-order valence-corrected chi connectivity index (χ3v) is 7.17. The number of H-pyrrole nitrogens is 1. The van der Waals surface area contributed by atoms with Gasteiger partial charge in [0.2, 0.25) is 0 Å². The smallest absolute Gasteiger partial charge is 0.305 e. The van der Waals surface area contributed by atoms with Crippen molar-refractivity contribution in [1.29, 1.82) is 0 Å². The number of aryl methyl sites for hydroxylation is 1. The SMILES string of the molecule is COC(=O)CC1CCC(c2ccc(-c3ccc(-c4nc5cc(F)c(C)cc5[nH]4)cc3)cc2)CC1. The molecular formula is C29H29FN2O2. The molecule has 34 heavy (non-hydrogen) atoms. The van der Waals surface area contributed by atoms with Crippen molar-refractivity contribution in [3.8, 4) is 22.5 Å². The minimum atomic E-state index is -0.237. The third kappa shape index (κ3) is 4.60. The first-order valence-electron chi connectivity index (χ1n) is 11.9. The van der Waals surface area contributed by atoms with Gasteiger partial charge >= 0.3 is 5.97 Å². The molecule has 0 unspecified atom stereocenters. The van der Waals surface area contributed by atoms with Crippen molar-refractivity contribution in [2.75, 3.05) is 7.11 Å². The Hall–Kier alpha value is -3.47. The van der Waals surface area contributed by atoms with Crippen LogP contribution < -0.4 is 0 Å². The standard InChI is InChI=1S/C29H29FN2O2/c1-18-15-26-27(17-25(18)30)32-29(31-26)24-13-11-23(12-14-24)22-9-7-21(8-10-22)20-5-3-19(4-6-20)16-28(33)34-2/h7-15,17,19-20H,3-6,16H2,1-2H3,(H,31,32). The lowest BCUT2D eigenvalue weighted by molar-refractivity contribution is -0.142. The maximum absolute atomic E-state index is 13.9. The summed E-state index contributed by atoms with van der Waals surface area (Å²) in [4.78, 5) is 19.4. The molecule has 0 saturated heterocycles. The number of aromatic nitrogens is 2. The largest absolute Gasteiger partial charge is 0.469 e. The van der Waals surface area contributed by atoms with Gasteiger partial charge in [-0.1, -0.05) is 48.5 Å². The number of hydrogen-bond donors (Lipinski definition) is 1. The van der Waals surface area contributed by atoms with Gasteiger partial charge in [-0.25, -0.2) is 9.37 Å². The predicted molar refractivity (Wildman–Crippen MR) is 133 cm³/mol. The van der Waals surface area contributed by atoms with Crippen molar-refractivity contribution in [2.45, 2.75) is 44.9 Å². The average molecular weight is 457 g/mol. The van der Waals surface area contributed by atoms with Gasteiger partial charge in [0.05, 0.1) is 18.1 Å². The molecular weight excluding hydrogens is 427 g/mol. The predicted octanol–water partition coefficient (Wildman–Crippen LogP) is 7.18. The van der Waals surface area contributed by atoms with Gasteiger partial charge in [-0.05, 0) is 72.8 Å². The fourth-order valence-electron chi connectivity index (χ4n) is 5.06. The normalized spacial score (nSPS) is 18.2. The highest BCUT2D eigenvalue weighted by Crippen LogP contribution is 2.38. The molecule has 0 radical (unpaired) electrons. The van der Waals surface area contributed by atoms with Gasteiger partial charge in [0.1, 0.15) is 11.6 Å². The molecule has 3 aromatic carbocycles. The molecule has 0 bridgehead atoms. The average Bonchev–Trinajstić information content (AvgIpc) is 3.27. The Kier molecular flexibility index (Phi) is 6.18. The number of esters is 1. The molecule has 1 aliphatic rings. The second-order valence-electron chi connectivity index (χ2n) is 9.40. The number of hydrogen-bond acceptors (Lipinski definition) is 3. The van der Waals surface area contributed by atoms with E-state index in [9.17, 15) is 9.18 Å². The number of nitrogens with zero attached hydrogens (tertiary/aromatic N) is 1. The molecule has 174 valence electrons. The first-order chi connectivity index (χ1) is 16.5. The van der Waals surface area contributed by atoms with Crippen LogP contribution in [-0.4, -0.2) is 23.0 Å². The van der Waals surface area contributed by atoms with E-state index in [-0.39, 0.29) is 11.8 Å². The number of halogens is 1. The Morgan fingerprint density at radius 1 is 0.971 bits per heavy atom. The van der Waals surface area contributed by atoms with Gasteiger partial charge in [-0.3, -0.25) is 4.79 Å². The van der Waals surface area contributed by atoms with Gasteiger partial charge in [-0.15, -0.1) is 0 Å². The summed E-state index contributed by atoms with van der Waals surface area (Å²) in [5, 5.41) is 0. The second-order valence-corrected chi connectivity index (χ2v) is 9.40. The van der Waals surface area contributed by atoms with Crippen LogP contribution in [0, 0.1) is 18.7 Å². The van der Waals surface area contributed by atoms with Crippen molar-refractivity contribution in [2.24, 2.45) is 5.92 Å². The summed E-state index contributed by atoms with van der Waals surface area (Å²) >= 11 is 0. The highest BCUT2D eigenvalue weighted by molar-refractivity contribution is 5.80. The minimum absolute atomic E-state index is 0.0943. The van der Waals surface area contributed by atoms with Gasteiger partial charge in [0.25, 0.3) is 0 Å². The van der Waals surface area contributed by atoms with E-state index in [1.54, 1.807) is 13.0 Å². The van der Waals surface area contributed by atoms with Crippen molar-refractivity contribution < 1.29 is 13.9 Å². The Morgan fingerprint density at radius 2 is 1.59 bits per heavy atom. The van der Waals surface area contributed by atoms with E-state index in [2.05, 4.69) is 46.4 Å². The van der Waals surface area contributed by atoms with E-state index in [0.717, 1.165) is 48.2 Å². The zero-order valence-corrected chi connectivity index (χ0v) is 19.6. The number of benzene rings is 3. The van der Waals surface area contributed by atoms with Gasteiger partial charge < -0.3 is 9.72 Å². The monoisotopic (exact) mass is 456 g/mol. The van der Waals surface area contributed by atoms with E-state index in [1.165, 1.54) is 24.3 Å². The Balaban J connectivity index is 1.26. The van der Waals surface area contributed by atoms with Crippen molar-refractivity contribution in [3.05, 3.63) is 77.6 Å². The van der Waals surface area contributed by atoms with E-state index in [1.807, 2.05) is 12.1 Å². The first kappa shape index (κ1) is 22.3. The number of rotatable bonds is 5. The molecule has 1 aliphatic carbocycles. The summed E-state index contributed by atoms with van der Waals surface area (Å²) < 4.78 is 18.7. The van der Waals surface area contributed by atoms with Crippen LogP contribution in [0.2, 0.25) is 0 Å². The molecule has 5 rings (SSSR count). The summed E-state index contributed by atoms with van der Waals surface area (Å²) in [6.45, 7) is 1.76. The summed E-state index contributed by atoms with van der Waals surface area (Å²) in [7, 11) is 1.46. The Bertz CT molecular complexity index is 1260. The van der Waals surface area contributed by atoms with Crippen LogP contribution >= 0.6 is 0 Å². The molecule has 1 aromatic heterocycles. The first-order valence-corrected chi connectivity index (χ1v) is 11.9. The molecule has 4 aromatic rings. The molecule has 1 N–H and O–H groups in total. The number of aromatic amines is 1. The second kappa shape index (κ2) is 9.41. The molecule has 0 atom stereocenters. The zero-order valence-electron chi connectivity index (χ0n) is 19.6. The van der Waals surface area contributed by atoms with E-state index < -0.39 is 0 Å². The van der Waals surface area contributed by atoms with Crippen LogP contribution in [0.25, 0.3) is 33.5 Å². The fourth-order valence-corrected chi connectivity index (χ4v) is 5.06. The van der Waals surface area contributed by atoms with Crippen LogP contribution in [0.3, 0.4) is 0 Å². The highest BCUT2D eigenvalue weighted by Gasteiger charge is 2.24. The quantitative estimate of drug-likeness (QED) is 0.324. The molecule has 1 heterocycles. The number of carbonyl (C=O) groups excluding carboxylic acids is 1. The molecule has 0 aliphatic heterocycles. The van der Waals surface area contributed by atoms with Crippen molar-refractivity contribution in [1.82, 2.24) is 9.97 Å². The van der Waals surface area contributed by atoms with Crippen LogP contribution in [-0.2, 0) is 9.53 Å². The lowest BCUT2D eigenvalue weighted by Crippen LogP contribution is -2.17. The molecule has 0 amide bonds. The fraction of sp³-hybridized carbons (Fsp3) is 0.310. The van der Waals surface area contributed by atoms with Crippen LogP contribution in [0.4, 0.5) is 4.39 Å². The summed E-state index contributed by atoms with van der Waals surface area (Å²) in [5.41, 5.74) is 6.76. The van der Waals surface area contributed by atoms with Crippen LogP contribution in [0.1, 0.15) is 49.1 Å².